The first-order chi connectivity index (χ1) is 13.8. The molecule has 28 heavy (non-hydrogen) atoms. The summed E-state index contributed by atoms with van der Waals surface area (Å²) in [5.74, 6) is 2.21. The van der Waals surface area contributed by atoms with Crippen molar-refractivity contribution < 1.29 is 4.42 Å². The number of pyridine rings is 1. The van der Waals surface area contributed by atoms with Crippen LogP contribution in [0.5, 0.6) is 0 Å². The summed E-state index contributed by atoms with van der Waals surface area (Å²) < 4.78 is 5.16. The van der Waals surface area contributed by atoms with Crippen LogP contribution in [0.1, 0.15) is 0 Å². The van der Waals surface area contributed by atoms with E-state index in [1.165, 1.54) is 0 Å². The smallest absolute Gasteiger partial charge is 0.165 e. The van der Waals surface area contributed by atoms with E-state index in [9.17, 15) is 0 Å². The molecule has 5 rings (SSSR count). The number of aromatic nitrogens is 5. The van der Waals surface area contributed by atoms with E-state index in [4.69, 9.17) is 4.42 Å². The molecule has 1 aliphatic rings. The van der Waals surface area contributed by atoms with Crippen molar-refractivity contribution in [3.05, 3.63) is 43.1 Å². The Kier molecular flexibility index (Phi) is 4.13. The van der Waals surface area contributed by atoms with E-state index < -0.39 is 0 Å². The highest BCUT2D eigenvalue weighted by Crippen LogP contribution is 2.26. The van der Waals surface area contributed by atoms with Crippen LogP contribution in [-0.2, 0) is 0 Å². The Morgan fingerprint density at radius 3 is 2.71 bits per heavy atom. The molecular weight excluding hydrogens is 356 g/mol. The van der Waals surface area contributed by atoms with E-state index in [-0.39, 0.29) is 0 Å². The van der Waals surface area contributed by atoms with Crippen molar-refractivity contribution in [2.24, 2.45) is 0 Å². The average Bonchev–Trinajstić information content (AvgIpc) is 3.41. The minimum Gasteiger partial charge on any atom is -0.472 e. The second-order valence-corrected chi connectivity index (χ2v) is 6.86. The fourth-order valence-corrected chi connectivity index (χ4v) is 3.27. The van der Waals surface area contributed by atoms with Crippen LogP contribution < -0.4 is 10.2 Å². The molecule has 0 amide bonds. The lowest BCUT2D eigenvalue weighted by Crippen LogP contribution is -2.44. The molecule has 0 aromatic carbocycles. The van der Waals surface area contributed by atoms with E-state index in [2.05, 4.69) is 47.3 Å². The molecule has 0 atom stereocenters. The van der Waals surface area contributed by atoms with E-state index in [1.54, 1.807) is 18.7 Å². The number of anilines is 3. The van der Waals surface area contributed by atoms with Crippen LogP contribution in [0.4, 0.5) is 17.3 Å². The fraction of sp³-hybridized carbons (Fsp3) is 0.263. The van der Waals surface area contributed by atoms with Crippen LogP contribution in [-0.4, -0.2) is 63.3 Å². The van der Waals surface area contributed by atoms with Crippen LogP contribution in [0.25, 0.3) is 22.4 Å². The molecule has 0 spiro atoms. The molecule has 0 bridgehead atoms. The van der Waals surface area contributed by atoms with Crippen LogP contribution in [0.3, 0.4) is 0 Å². The first kappa shape index (κ1) is 16.7. The Bertz CT molecular complexity index is 1070. The van der Waals surface area contributed by atoms with Crippen LogP contribution in [0.2, 0.25) is 0 Å². The fourth-order valence-electron chi connectivity index (χ4n) is 3.27. The van der Waals surface area contributed by atoms with Crippen molar-refractivity contribution in [1.82, 2.24) is 30.0 Å². The summed E-state index contributed by atoms with van der Waals surface area (Å²) in [4.78, 5) is 18.4. The number of hydrogen-bond donors (Lipinski definition) is 2. The molecule has 4 aromatic heterocycles. The zero-order chi connectivity index (χ0) is 18.9. The Balaban J connectivity index is 1.41. The highest BCUT2D eigenvalue weighted by molar-refractivity contribution is 5.88. The zero-order valence-electron chi connectivity index (χ0n) is 15.5. The third-order valence-electron chi connectivity index (χ3n) is 4.92. The largest absolute Gasteiger partial charge is 0.472 e. The molecule has 9 heteroatoms. The quantitative estimate of drug-likeness (QED) is 0.560. The first-order valence-corrected chi connectivity index (χ1v) is 9.16. The van der Waals surface area contributed by atoms with Gasteiger partial charge in [-0.2, -0.15) is 5.10 Å². The Morgan fingerprint density at radius 2 is 1.96 bits per heavy atom. The minimum atomic E-state index is 0.576. The highest BCUT2D eigenvalue weighted by Gasteiger charge is 2.16. The number of piperazine rings is 1. The summed E-state index contributed by atoms with van der Waals surface area (Å²) in [5.41, 5.74) is 3.14. The van der Waals surface area contributed by atoms with Crippen molar-refractivity contribution in [2.75, 3.05) is 43.4 Å². The zero-order valence-corrected chi connectivity index (χ0v) is 15.5. The maximum absolute atomic E-state index is 5.16. The number of furan rings is 1. The van der Waals surface area contributed by atoms with Crippen molar-refractivity contribution in [3.63, 3.8) is 0 Å². The second kappa shape index (κ2) is 6.93. The molecule has 0 saturated carbocycles. The average molecular weight is 376 g/mol. The van der Waals surface area contributed by atoms with E-state index in [0.717, 1.165) is 54.3 Å². The molecule has 0 unspecified atom stereocenters. The predicted molar refractivity (Wildman–Crippen MR) is 107 cm³/mol. The molecule has 5 heterocycles. The number of hydrogen-bond acceptors (Lipinski definition) is 8. The lowest BCUT2D eigenvalue weighted by atomic mass is 10.3. The monoisotopic (exact) mass is 376 g/mol. The van der Waals surface area contributed by atoms with Gasteiger partial charge in [-0.05, 0) is 25.2 Å². The summed E-state index contributed by atoms with van der Waals surface area (Å²) in [6.45, 7) is 4.09. The number of rotatable bonds is 4. The van der Waals surface area contributed by atoms with Gasteiger partial charge in [-0.3, -0.25) is 5.10 Å². The maximum atomic E-state index is 5.16. The Hall–Kier alpha value is -3.46. The van der Waals surface area contributed by atoms with Gasteiger partial charge in [-0.15, -0.1) is 0 Å². The Labute approximate surface area is 161 Å². The van der Waals surface area contributed by atoms with Crippen molar-refractivity contribution in [1.29, 1.82) is 0 Å². The summed E-state index contributed by atoms with van der Waals surface area (Å²) in [6.07, 6.45) is 6.74. The summed E-state index contributed by atoms with van der Waals surface area (Å²) >= 11 is 0. The number of nitrogens with zero attached hydrogens (tertiary/aromatic N) is 6. The lowest BCUT2D eigenvalue weighted by Gasteiger charge is -2.33. The van der Waals surface area contributed by atoms with Gasteiger partial charge in [0.15, 0.2) is 11.6 Å². The minimum absolute atomic E-state index is 0.576. The first-order valence-electron chi connectivity index (χ1n) is 9.16. The number of H-pyrrole nitrogens is 1. The predicted octanol–water partition coefficient (Wildman–Crippen LogP) is 2.50. The molecule has 0 radical (unpaired) electrons. The number of likely N-dealkylation sites (N-methyl/N-ethyl adjacent to an activating group) is 1. The van der Waals surface area contributed by atoms with E-state index in [0.29, 0.717) is 11.6 Å². The van der Waals surface area contributed by atoms with Gasteiger partial charge in [0.05, 0.1) is 29.9 Å². The van der Waals surface area contributed by atoms with Crippen LogP contribution in [0.15, 0.2) is 47.5 Å². The van der Waals surface area contributed by atoms with Gasteiger partial charge in [-0.1, -0.05) is 0 Å². The molecule has 4 aromatic rings. The standard InChI is InChI=1S/C19H20N8O/c1-26-5-7-27(8-6-26)16-3-2-14(10-20-16)22-19-17-15(11-21-25-17)23-18(24-19)13-4-9-28-12-13/h2-4,9-12H,5-8H2,1H3,(H,21,25)(H,22,23,24). The molecule has 1 fully saturated rings. The van der Waals surface area contributed by atoms with Gasteiger partial charge in [-0.25, -0.2) is 15.0 Å². The molecule has 142 valence electrons. The topological polar surface area (TPSA) is 99.0 Å². The van der Waals surface area contributed by atoms with E-state index >= 15 is 0 Å². The summed E-state index contributed by atoms with van der Waals surface area (Å²) in [5, 5.41) is 10.4. The maximum Gasteiger partial charge on any atom is 0.165 e. The van der Waals surface area contributed by atoms with Crippen LogP contribution >= 0.6 is 0 Å². The van der Waals surface area contributed by atoms with E-state index in [1.807, 2.05) is 24.4 Å². The summed E-state index contributed by atoms with van der Waals surface area (Å²) in [7, 11) is 2.15. The molecule has 1 aliphatic heterocycles. The van der Waals surface area contributed by atoms with Crippen LogP contribution in [0, 0.1) is 0 Å². The molecule has 1 saturated heterocycles. The number of nitrogens with one attached hydrogen (secondary N) is 2. The lowest BCUT2D eigenvalue weighted by molar-refractivity contribution is 0.312. The number of aromatic amines is 1. The van der Waals surface area contributed by atoms with Gasteiger partial charge in [0.25, 0.3) is 0 Å². The third kappa shape index (κ3) is 3.16. The highest BCUT2D eigenvalue weighted by atomic mass is 16.3. The Morgan fingerprint density at radius 1 is 1.07 bits per heavy atom. The van der Waals surface area contributed by atoms with Crippen molar-refractivity contribution in [3.8, 4) is 11.4 Å². The molecular formula is C19H20N8O. The van der Waals surface area contributed by atoms with Gasteiger partial charge in [0.2, 0.25) is 0 Å². The SMILES string of the molecule is CN1CCN(c2ccc(Nc3nc(-c4ccoc4)nc4cn[nH]c34)cn2)CC1. The second-order valence-electron chi connectivity index (χ2n) is 6.86. The van der Waals surface area contributed by atoms with Crippen molar-refractivity contribution in [2.45, 2.75) is 0 Å². The van der Waals surface area contributed by atoms with Gasteiger partial charge in [0.1, 0.15) is 23.1 Å². The number of fused-ring (bicyclic) bond motifs is 1. The van der Waals surface area contributed by atoms with Gasteiger partial charge >= 0.3 is 0 Å². The third-order valence-corrected chi connectivity index (χ3v) is 4.92. The molecule has 9 nitrogen and oxygen atoms in total. The molecule has 0 aliphatic carbocycles. The van der Waals surface area contributed by atoms with Gasteiger partial charge < -0.3 is 19.5 Å². The van der Waals surface area contributed by atoms with Crippen molar-refractivity contribution >= 4 is 28.4 Å². The normalized spacial score (nSPS) is 15.2. The summed E-state index contributed by atoms with van der Waals surface area (Å²) in [6, 6.07) is 5.88. The molecule has 2 N–H and O–H groups in total. The van der Waals surface area contributed by atoms with Gasteiger partial charge in [0, 0.05) is 26.2 Å².